The summed E-state index contributed by atoms with van der Waals surface area (Å²) in [4.78, 5) is 31.7. The smallest absolute Gasteiger partial charge is 0.267 e. The Morgan fingerprint density at radius 1 is 1.05 bits per heavy atom. The molecule has 1 fully saturated rings. The highest BCUT2D eigenvalue weighted by atomic mass is 32.2. The van der Waals surface area contributed by atoms with E-state index in [1.165, 1.54) is 24.5 Å². The van der Waals surface area contributed by atoms with Crippen LogP contribution in [0.3, 0.4) is 0 Å². The number of carbonyl (C=O) groups excluding carboxylic acids is 2. The predicted octanol–water partition coefficient (Wildman–Crippen LogP) is 3.27. The summed E-state index contributed by atoms with van der Waals surface area (Å²) in [7, 11) is 0.0585. The molecule has 1 saturated heterocycles. The summed E-state index contributed by atoms with van der Waals surface area (Å²) in [5.74, 6) is -0.614. The highest BCUT2D eigenvalue weighted by Gasteiger charge is 2.17. The van der Waals surface area contributed by atoms with Crippen molar-refractivity contribution in [3.63, 3.8) is 0 Å². The summed E-state index contributed by atoms with van der Waals surface area (Å²) in [5.41, 5.74) is 5.10. The lowest BCUT2D eigenvalue weighted by Gasteiger charge is -2.21. The van der Waals surface area contributed by atoms with E-state index >= 15 is 0 Å². The largest absolute Gasteiger partial charge is 0.351 e. The molecule has 1 aromatic heterocycles. The lowest BCUT2D eigenvalue weighted by molar-refractivity contribution is -0.198. The van der Waals surface area contributed by atoms with Crippen molar-refractivity contribution in [3.8, 4) is 11.1 Å². The van der Waals surface area contributed by atoms with Crippen LogP contribution in [0.2, 0.25) is 0 Å². The number of hydrogen-bond donors (Lipinski definition) is 2. The van der Waals surface area contributed by atoms with Gasteiger partial charge in [-0.25, -0.2) is 22.7 Å². The summed E-state index contributed by atoms with van der Waals surface area (Å²) in [5, 5.41) is 2.88. The second-order valence-electron chi connectivity index (χ2n) is 9.65. The van der Waals surface area contributed by atoms with Gasteiger partial charge in [-0.1, -0.05) is 24.3 Å². The topological polar surface area (TPSA) is 119 Å². The number of hydrogen-bond acceptors (Lipinski definition) is 7. The molecule has 1 aliphatic heterocycles. The Morgan fingerprint density at radius 2 is 1.75 bits per heavy atom. The van der Waals surface area contributed by atoms with Crippen molar-refractivity contribution in [1.29, 1.82) is 0 Å². The Labute approximate surface area is 234 Å². The van der Waals surface area contributed by atoms with Crippen LogP contribution < -0.4 is 10.8 Å². The van der Waals surface area contributed by atoms with Gasteiger partial charge in [-0.2, -0.15) is 0 Å². The lowest BCUT2D eigenvalue weighted by Crippen LogP contribution is -2.32. The molecule has 4 rings (SSSR count). The number of rotatable bonds is 11. The molecule has 212 valence electrons. The van der Waals surface area contributed by atoms with Gasteiger partial charge in [0.1, 0.15) is 0 Å². The van der Waals surface area contributed by atoms with E-state index in [0.29, 0.717) is 30.7 Å². The van der Waals surface area contributed by atoms with E-state index in [2.05, 4.69) is 10.8 Å². The summed E-state index contributed by atoms with van der Waals surface area (Å²) in [6, 6.07) is 15.3. The number of hydroxylamine groups is 1. The van der Waals surface area contributed by atoms with Crippen molar-refractivity contribution < 1.29 is 27.6 Å². The molecular weight excluding hydrogens is 532 g/mol. The van der Waals surface area contributed by atoms with Crippen LogP contribution in [0.15, 0.2) is 78.0 Å². The van der Waals surface area contributed by atoms with Gasteiger partial charge >= 0.3 is 0 Å². The summed E-state index contributed by atoms with van der Waals surface area (Å²) < 4.78 is 32.8. The highest BCUT2D eigenvalue weighted by molar-refractivity contribution is 7.90. The Kier molecular flexibility index (Phi) is 9.88. The van der Waals surface area contributed by atoms with Gasteiger partial charge in [-0.05, 0) is 80.0 Å². The van der Waals surface area contributed by atoms with Gasteiger partial charge in [0.15, 0.2) is 6.29 Å². The highest BCUT2D eigenvalue weighted by Crippen LogP contribution is 2.23. The van der Waals surface area contributed by atoms with Crippen molar-refractivity contribution in [2.24, 2.45) is 0 Å². The predicted molar refractivity (Wildman–Crippen MR) is 152 cm³/mol. The number of likely N-dealkylation sites (N-methyl/N-ethyl adjacent to an activating group) is 1. The van der Waals surface area contributed by atoms with Crippen molar-refractivity contribution in [1.82, 2.24) is 19.7 Å². The van der Waals surface area contributed by atoms with Crippen LogP contribution in [-0.2, 0) is 24.4 Å². The van der Waals surface area contributed by atoms with E-state index < -0.39 is 22.2 Å². The van der Waals surface area contributed by atoms with Gasteiger partial charge in [-0.3, -0.25) is 9.59 Å². The Hall–Kier alpha value is -3.77. The molecule has 2 heterocycles. The molecule has 1 aliphatic rings. The first kappa shape index (κ1) is 29.2. The summed E-state index contributed by atoms with van der Waals surface area (Å²) >= 11 is 0. The van der Waals surface area contributed by atoms with E-state index in [0.717, 1.165) is 34.5 Å². The zero-order valence-corrected chi connectivity index (χ0v) is 23.4. The van der Waals surface area contributed by atoms with Crippen molar-refractivity contribution >= 4 is 27.9 Å². The first-order valence-corrected chi connectivity index (χ1v) is 14.5. The van der Waals surface area contributed by atoms with E-state index in [-0.39, 0.29) is 10.8 Å². The maximum Gasteiger partial charge on any atom is 0.267 e. The molecule has 2 aromatic carbocycles. The Bertz CT molecular complexity index is 1420. The number of nitrogens with zero attached hydrogens (tertiary/aromatic N) is 2. The van der Waals surface area contributed by atoms with Crippen LogP contribution in [0.4, 0.5) is 0 Å². The van der Waals surface area contributed by atoms with Gasteiger partial charge < -0.3 is 15.0 Å². The normalized spacial score (nSPS) is 15.8. The average Bonchev–Trinajstić information content (AvgIpc) is 3.46. The minimum absolute atomic E-state index is 0.123. The van der Waals surface area contributed by atoms with Crippen molar-refractivity contribution in [3.05, 3.63) is 84.2 Å². The van der Waals surface area contributed by atoms with E-state index in [4.69, 9.17) is 9.57 Å². The molecule has 1 unspecified atom stereocenters. The minimum Gasteiger partial charge on any atom is -0.351 e. The monoisotopic (exact) mass is 566 g/mol. The molecule has 10 nitrogen and oxygen atoms in total. The zero-order chi connectivity index (χ0) is 28.5. The molecule has 0 aliphatic carbocycles. The molecule has 11 heteroatoms. The van der Waals surface area contributed by atoms with Crippen LogP contribution in [0.5, 0.6) is 0 Å². The number of carbonyl (C=O) groups is 2. The molecule has 1 atom stereocenters. The third kappa shape index (κ3) is 7.89. The third-order valence-corrected chi connectivity index (χ3v) is 7.95. The van der Waals surface area contributed by atoms with E-state index in [1.54, 1.807) is 42.5 Å². The van der Waals surface area contributed by atoms with Crippen LogP contribution in [-0.4, -0.2) is 69.2 Å². The molecule has 0 saturated carbocycles. The zero-order valence-electron chi connectivity index (χ0n) is 22.6. The van der Waals surface area contributed by atoms with Gasteiger partial charge in [0, 0.05) is 50.2 Å². The van der Waals surface area contributed by atoms with E-state index in [9.17, 15) is 18.0 Å². The van der Waals surface area contributed by atoms with E-state index in [1.807, 2.05) is 31.1 Å². The molecule has 2 N–H and O–H groups in total. The number of amides is 2. The first-order valence-electron chi connectivity index (χ1n) is 13.0. The third-order valence-electron chi connectivity index (χ3n) is 6.30. The maximum absolute atomic E-state index is 13.1. The number of ether oxygens (including phenoxy) is 1. The quantitative estimate of drug-likeness (QED) is 0.270. The van der Waals surface area contributed by atoms with Crippen LogP contribution in [0, 0.1) is 0 Å². The summed E-state index contributed by atoms with van der Waals surface area (Å²) in [6.45, 7) is 1.92. The minimum atomic E-state index is -3.83. The molecule has 0 bridgehead atoms. The maximum atomic E-state index is 13.1. The molecule has 0 spiro atoms. The Balaban J connectivity index is 1.35. The molecular formula is C29H34N4O6S. The number of aromatic nitrogens is 1. The standard InChI is InChI=1S/C29H34N4O6S/c1-32(2)19-17-30-29(35)25-9-7-23(8-10-25)24-11-13-26(14-12-24)40(36,37)33-18-16-22(21-33)6-15-27(34)31-39-28-5-3-4-20-38-28/h6-16,18,21,28H,3-5,17,19-20H2,1-2H3,(H,30,35)(H,31,34)/b15-6+. The van der Waals surface area contributed by atoms with Crippen LogP contribution in [0.1, 0.15) is 35.2 Å². The van der Waals surface area contributed by atoms with Crippen LogP contribution >= 0.6 is 0 Å². The lowest BCUT2D eigenvalue weighted by atomic mass is 10.0. The van der Waals surface area contributed by atoms with Crippen molar-refractivity contribution in [2.45, 2.75) is 30.4 Å². The molecule has 0 radical (unpaired) electrons. The Morgan fingerprint density at radius 3 is 2.40 bits per heavy atom. The van der Waals surface area contributed by atoms with Crippen molar-refractivity contribution in [2.75, 3.05) is 33.8 Å². The molecule has 40 heavy (non-hydrogen) atoms. The van der Waals surface area contributed by atoms with Gasteiger partial charge in [0.25, 0.3) is 21.8 Å². The first-order chi connectivity index (χ1) is 19.2. The van der Waals surface area contributed by atoms with Gasteiger partial charge in [-0.15, -0.1) is 0 Å². The fourth-order valence-corrected chi connectivity index (χ4v) is 5.23. The van der Waals surface area contributed by atoms with Gasteiger partial charge in [0.2, 0.25) is 0 Å². The second kappa shape index (κ2) is 13.5. The average molecular weight is 567 g/mol. The number of nitrogens with one attached hydrogen (secondary N) is 2. The SMILES string of the molecule is CN(C)CCNC(=O)c1ccc(-c2ccc(S(=O)(=O)n3ccc(/C=C/C(=O)NOC4CCCCO4)c3)cc2)cc1. The molecule has 2 amide bonds. The van der Waals surface area contributed by atoms with Gasteiger partial charge in [0.05, 0.1) is 4.90 Å². The number of benzene rings is 2. The summed E-state index contributed by atoms with van der Waals surface area (Å²) in [6.07, 6.45) is 7.85. The molecule has 3 aromatic rings. The van der Waals surface area contributed by atoms with Crippen LogP contribution in [0.25, 0.3) is 17.2 Å². The fourth-order valence-electron chi connectivity index (χ4n) is 4.02. The fraction of sp³-hybridized carbons (Fsp3) is 0.310. The second-order valence-corrected chi connectivity index (χ2v) is 11.5.